The van der Waals surface area contributed by atoms with Gasteiger partial charge < -0.3 is 18.7 Å². The SMILES string of the molecule is COc1ccccc1OC(C)(C)c1nc([C@H]2CCOC2)no1. The van der Waals surface area contributed by atoms with Crippen LogP contribution in [0.5, 0.6) is 11.5 Å². The summed E-state index contributed by atoms with van der Waals surface area (Å²) in [6.45, 7) is 5.17. The number of rotatable bonds is 5. The number of para-hydroxylation sites is 2. The highest BCUT2D eigenvalue weighted by molar-refractivity contribution is 5.39. The van der Waals surface area contributed by atoms with E-state index in [0.717, 1.165) is 13.0 Å². The van der Waals surface area contributed by atoms with E-state index in [9.17, 15) is 0 Å². The Morgan fingerprint density at radius 1 is 1.23 bits per heavy atom. The number of aromatic nitrogens is 2. The number of ether oxygens (including phenoxy) is 3. The molecule has 0 saturated carbocycles. The van der Waals surface area contributed by atoms with Gasteiger partial charge in [-0.05, 0) is 32.4 Å². The van der Waals surface area contributed by atoms with Crippen molar-refractivity contribution in [2.75, 3.05) is 20.3 Å². The van der Waals surface area contributed by atoms with E-state index in [1.165, 1.54) is 0 Å². The molecule has 1 fully saturated rings. The van der Waals surface area contributed by atoms with Crippen LogP contribution >= 0.6 is 0 Å². The molecule has 6 nitrogen and oxygen atoms in total. The molecule has 0 radical (unpaired) electrons. The number of nitrogens with zero attached hydrogens (tertiary/aromatic N) is 2. The maximum Gasteiger partial charge on any atom is 0.270 e. The van der Waals surface area contributed by atoms with Crippen molar-refractivity contribution in [1.82, 2.24) is 10.1 Å². The molecule has 0 unspecified atom stereocenters. The van der Waals surface area contributed by atoms with E-state index in [2.05, 4.69) is 10.1 Å². The van der Waals surface area contributed by atoms with Gasteiger partial charge in [-0.25, -0.2) is 0 Å². The topological polar surface area (TPSA) is 66.6 Å². The number of hydrogen-bond donors (Lipinski definition) is 0. The van der Waals surface area contributed by atoms with Crippen molar-refractivity contribution in [3.8, 4) is 11.5 Å². The fourth-order valence-electron chi connectivity index (χ4n) is 2.41. The average Bonchev–Trinajstić information content (AvgIpc) is 3.18. The van der Waals surface area contributed by atoms with Crippen molar-refractivity contribution in [2.45, 2.75) is 31.8 Å². The zero-order valence-electron chi connectivity index (χ0n) is 13.0. The van der Waals surface area contributed by atoms with E-state index in [0.29, 0.717) is 29.8 Å². The maximum atomic E-state index is 6.03. The van der Waals surface area contributed by atoms with Crippen LogP contribution in [0.3, 0.4) is 0 Å². The zero-order chi connectivity index (χ0) is 15.6. The Kier molecular flexibility index (Phi) is 4.02. The summed E-state index contributed by atoms with van der Waals surface area (Å²) in [5.74, 6) is 2.64. The molecule has 2 aromatic rings. The average molecular weight is 304 g/mol. The Morgan fingerprint density at radius 2 is 2.00 bits per heavy atom. The van der Waals surface area contributed by atoms with Crippen molar-refractivity contribution in [2.24, 2.45) is 0 Å². The largest absolute Gasteiger partial charge is 0.493 e. The van der Waals surface area contributed by atoms with Gasteiger partial charge in [0.05, 0.1) is 13.7 Å². The van der Waals surface area contributed by atoms with Crippen LogP contribution in [-0.2, 0) is 10.3 Å². The van der Waals surface area contributed by atoms with Gasteiger partial charge >= 0.3 is 0 Å². The molecule has 1 atom stereocenters. The molecule has 2 heterocycles. The standard InChI is InChI=1S/C16H20N2O4/c1-16(2,21-13-7-5-4-6-12(13)19-3)15-17-14(18-22-15)11-8-9-20-10-11/h4-7,11H,8-10H2,1-3H3/t11-/m0/s1. The highest BCUT2D eigenvalue weighted by Crippen LogP contribution is 2.34. The molecule has 1 aliphatic rings. The first-order valence-corrected chi connectivity index (χ1v) is 7.34. The van der Waals surface area contributed by atoms with Gasteiger partial charge in [0.25, 0.3) is 5.89 Å². The Labute approximate surface area is 129 Å². The summed E-state index contributed by atoms with van der Waals surface area (Å²) in [5, 5.41) is 4.07. The molecule has 118 valence electrons. The highest BCUT2D eigenvalue weighted by Gasteiger charge is 2.33. The number of hydrogen-bond acceptors (Lipinski definition) is 6. The Bertz CT molecular complexity index is 633. The van der Waals surface area contributed by atoms with Gasteiger partial charge in [0, 0.05) is 12.5 Å². The van der Waals surface area contributed by atoms with Gasteiger partial charge in [-0.1, -0.05) is 17.3 Å². The first-order chi connectivity index (χ1) is 10.6. The Hall–Kier alpha value is -2.08. The van der Waals surface area contributed by atoms with Crippen LogP contribution in [0.2, 0.25) is 0 Å². The minimum absolute atomic E-state index is 0.208. The molecule has 22 heavy (non-hydrogen) atoms. The Balaban J connectivity index is 1.80. The molecule has 3 rings (SSSR count). The maximum absolute atomic E-state index is 6.03. The van der Waals surface area contributed by atoms with E-state index in [1.54, 1.807) is 7.11 Å². The first kappa shape index (κ1) is 14.8. The van der Waals surface area contributed by atoms with Crippen LogP contribution in [0.25, 0.3) is 0 Å². The monoisotopic (exact) mass is 304 g/mol. The molecular formula is C16H20N2O4. The van der Waals surface area contributed by atoms with Gasteiger partial charge in [0.2, 0.25) is 0 Å². The first-order valence-electron chi connectivity index (χ1n) is 7.34. The molecule has 0 aliphatic carbocycles. The van der Waals surface area contributed by atoms with Crippen LogP contribution < -0.4 is 9.47 Å². The van der Waals surface area contributed by atoms with Crippen LogP contribution in [0, 0.1) is 0 Å². The van der Waals surface area contributed by atoms with Gasteiger partial charge in [-0.3, -0.25) is 0 Å². The fraction of sp³-hybridized carbons (Fsp3) is 0.500. The summed E-state index contributed by atoms with van der Waals surface area (Å²) < 4.78 is 22.1. The quantitative estimate of drug-likeness (QED) is 0.846. The smallest absolute Gasteiger partial charge is 0.270 e. The van der Waals surface area contributed by atoms with Crippen LogP contribution in [-0.4, -0.2) is 30.5 Å². The summed E-state index contributed by atoms with van der Waals surface area (Å²) in [7, 11) is 1.61. The third-order valence-electron chi connectivity index (χ3n) is 3.69. The second-order valence-electron chi connectivity index (χ2n) is 5.78. The van der Waals surface area contributed by atoms with E-state index in [1.807, 2.05) is 38.1 Å². The molecule has 1 saturated heterocycles. The molecule has 0 N–H and O–H groups in total. The minimum Gasteiger partial charge on any atom is -0.493 e. The van der Waals surface area contributed by atoms with E-state index < -0.39 is 5.60 Å². The lowest BCUT2D eigenvalue weighted by atomic mass is 10.1. The van der Waals surface area contributed by atoms with Crippen molar-refractivity contribution >= 4 is 0 Å². The van der Waals surface area contributed by atoms with Crippen LogP contribution in [0.4, 0.5) is 0 Å². The summed E-state index contributed by atoms with van der Waals surface area (Å²) >= 11 is 0. The van der Waals surface area contributed by atoms with E-state index in [-0.39, 0.29) is 5.92 Å². The number of methoxy groups -OCH3 is 1. The third kappa shape index (κ3) is 2.92. The minimum atomic E-state index is -0.751. The fourth-order valence-corrected chi connectivity index (χ4v) is 2.41. The molecule has 0 spiro atoms. The molecule has 1 aliphatic heterocycles. The van der Waals surface area contributed by atoms with Crippen LogP contribution in [0.15, 0.2) is 28.8 Å². The summed E-state index contributed by atoms with van der Waals surface area (Å²) in [4.78, 5) is 4.49. The van der Waals surface area contributed by atoms with Gasteiger partial charge in [-0.2, -0.15) is 4.98 Å². The van der Waals surface area contributed by atoms with Crippen molar-refractivity contribution in [3.05, 3.63) is 36.0 Å². The molecule has 0 amide bonds. The summed E-state index contributed by atoms with van der Waals surface area (Å²) in [6.07, 6.45) is 0.923. The predicted octanol–water partition coefficient (Wildman–Crippen LogP) is 2.90. The third-order valence-corrected chi connectivity index (χ3v) is 3.69. The van der Waals surface area contributed by atoms with E-state index in [4.69, 9.17) is 18.7 Å². The van der Waals surface area contributed by atoms with Crippen LogP contribution in [0.1, 0.15) is 37.9 Å². The lowest BCUT2D eigenvalue weighted by molar-refractivity contribution is 0.0660. The molecule has 1 aromatic carbocycles. The second kappa shape index (κ2) is 5.96. The van der Waals surface area contributed by atoms with Crippen molar-refractivity contribution in [1.29, 1.82) is 0 Å². The molecule has 1 aromatic heterocycles. The normalized spacial score (nSPS) is 18.4. The molecule has 6 heteroatoms. The van der Waals surface area contributed by atoms with Crippen molar-refractivity contribution < 1.29 is 18.7 Å². The summed E-state index contributed by atoms with van der Waals surface area (Å²) in [5.41, 5.74) is -0.751. The van der Waals surface area contributed by atoms with Gasteiger partial charge in [0.15, 0.2) is 22.9 Å². The Morgan fingerprint density at radius 3 is 2.68 bits per heavy atom. The van der Waals surface area contributed by atoms with Gasteiger partial charge in [-0.15, -0.1) is 0 Å². The van der Waals surface area contributed by atoms with Gasteiger partial charge in [0.1, 0.15) is 0 Å². The highest BCUT2D eigenvalue weighted by atomic mass is 16.6. The van der Waals surface area contributed by atoms with Crippen molar-refractivity contribution in [3.63, 3.8) is 0 Å². The molecular weight excluding hydrogens is 284 g/mol. The lowest BCUT2D eigenvalue weighted by Gasteiger charge is -2.23. The zero-order valence-corrected chi connectivity index (χ0v) is 13.0. The van der Waals surface area contributed by atoms with E-state index >= 15 is 0 Å². The predicted molar refractivity (Wildman–Crippen MR) is 79.1 cm³/mol. The number of benzene rings is 1. The lowest BCUT2D eigenvalue weighted by Crippen LogP contribution is -2.26. The molecule has 0 bridgehead atoms. The summed E-state index contributed by atoms with van der Waals surface area (Å²) in [6, 6.07) is 7.48. The second-order valence-corrected chi connectivity index (χ2v) is 5.78.